The third kappa shape index (κ3) is 2.93. The zero-order valence-corrected chi connectivity index (χ0v) is 10.4. The van der Waals surface area contributed by atoms with E-state index in [0.717, 1.165) is 6.07 Å². The average molecular weight is 262 g/mol. The summed E-state index contributed by atoms with van der Waals surface area (Å²) in [5.41, 5.74) is 0.284. The van der Waals surface area contributed by atoms with Gasteiger partial charge in [-0.2, -0.15) is 0 Å². The Morgan fingerprint density at radius 2 is 2.00 bits per heavy atom. The van der Waals surface area contributed by atoms with Gasteiger partial charge in [-0.25, -0.2) is 0 Å². The fraction of sp³-hybridized carbons (Fsp3) is 0.286. The molecule has 0 radical (unpaired) electrons. The molecule has 0 amide bonds. The summed E-state index contributed by atoms with van der Waals surface area (Å²) in [5.74, 6) is -1.44. The Bertz CT molecular complexity index is 559. The Morgan fingerprint density at radius 1 is 1.26 bits per heavy atom. The molecule has 1 aromatic rings. The number of carbonyl (C=O) groups excluding carboxylic acids is 2. The van der Waals surface area contributed by atoms with E-state index in [1.54, 1.807) is 13.0 Å². The van der Waals surface area contributed by atoms with Crippen LogP contribution in [0.2, 0.25) is 0 Å². The number of carbonyl (C=O) groups is 2. The standard InChI is InChI=1S/C14H14O5/c1-8-3-2-4-11(16)14-9(6-13(18)19-8)5-10(15)7-12(14)17/h2,4-5,7-8,15,17H,3,6H2,1H3/b4-2+/t8-/m1/s1. The maximum Gasteiger partial charge on any atom is 0.310 e. The Kier molecular flexibility index (Phi) is 3.55. The van der Waals surface area contributed by atoms with Crippen molar-refractivity contribution in [2.24, 2.45) is 0 Å². The predicted octanol–water partition coefficient (Wildman–Crippen LogP) is 1.71. The molecule has 0 aromatic heterocycles. The fourth-order valence-corrected chi connectivity index (χ4v) is 2.01. The lowest BCUT2D eigenvalue weighted by atomic mass is 9.98. The smallest absolute Gasteiger partial charge is 0.310 e. The minimum Gasteiger partial charge on any atom is -0.508 e. The van der Waals surface area contributed by atoms with Gasteiger partial charge in [0.25, 0.3) is 0 Å². The molecule has 0 unspecified atom stereocenters. The number of cyclic esters (lactones) is 1. The number of phenols is 2. The second kappa shape index (κ2) is 5.14. The van der Waals surface area contributed by atoms with E-state index < -0.39 is 11.8 Å². The third-order valence-electron chi connectivity index (χ3n) is 2.84. The lowest BCUT2D eigenvalue weighted by Gasteiger charge is -2.15. The molecular weight excluding hydrogens is 248 g/mol. The van der Waals surface area contributed by atoms with Crippen LogP contribution in [0.4, 0.5) is 0 Å². The van der Waals surface area contributed by atoms with Gasteiger partial charge in [-0.1, -0.05) is 6.08 Å². The van der Waals surface area contributed by atoms with Crippen molar-refractivity contribution in [2.75, 3.05) is 0 Å². The Morgan fingerprint density at radius 3 is 2.74 bits per heavy atom. The van der Waals surface area contributed by atoms with Gasteiger partial charge >= 0.3 is 5.97 Å². The predicted molar refractivity (Wildman–Crippen MR) is 67.1 cm³/mol. The molecule has 19 heavy (non-hydrogen) atoms. The van der Waals surface area contributed by atoms with Crippen molar-refractivity contribution in [2.45, 2.75) is 25.9 Å². The summed E-state index contributed by atoms with van der Waals surface area (Å²) >= 11 is 0. The molecule has 0 aliphatic carbocycles. The number of benzene rings is 1. The molecular formula is C14H14O5. The van der Waals surface area contributed by atoms with Crippen molar-refractivity contribution < 1.29 is 24.5 Å². The van der Waals surface area contributed by atoms with E-state index in [0.29, 0.717) is 6.42 Å². The molecule has 2 rings (SSSR count). The highest BCUT2D eigenvalue weighted by atomic mass is 16.5. The molecule has 1 aliphatic heterocycles. The average Bonchev–Trinajstić information content (AvgIpc) is 2.26. The minimum absolute atomic E-state index is 0.0283. The van der Waals surface area contributed by atoms with Gasteiger partial charge in [0, 0.05) is 12.5 Å². The molecule has 0 saturated heterocycles. The zero-order valence-electron chi connectivity index (χ0n) is 10.4. The van der Waals surface area contributed by atoms with Gasteiger partial charge in [-0.3, -0.25) is 9.59 Å². The fourth-order valence-electron chi connectivity index (χ4n) is 2.01. The highest BCUT2D eigenvalue weighted by molar-refractivity contribution is 6.08. The number of phenolic OH excluding ortho intramolecular Hbond substituents is 2. The van der Waals surface area contributed by atoms with Gasteiger partial charge in [-0.05, 0) is 24.6 Å². The first-order chi connectivity index (χ1) is 8.97. The minimum atomic E-state index is -0.498. The second-order valence-corrected chi connectivity index (χ2v) is 4.48. The molecule has 2 N–H and O–H groups in total. The number of aromatic hydroxyl groups is 2. The van der Waals surface area contributed by atoms with Crippen LogP contribution in [0.5, 0.6) is 11.5 Å². The topological polar surface area (TPSA) is 83.8 Å². The van der Waals surface area contributed by atoms with E-state index in [1.165, 1.54) is 12.1 Å². The van der Waals surface area contributed by atoms with Gasteiger partial charge < -0.3 is 14.9 Å². The first-order valence-electron chi connectivity index (χ1n) is 5.92. The van der Waals surface area contributed by atoms with Crippen molar-refractivity contribution in [3.63, 3.8) is 0 Å². The number of hydrogen-bond acceptors (Lipinski definition) is 5. The van der Waals surface area contributed by atoms with Crippen molar-refractivity contribution >= 4 is 11.8 Å². The summed E-state index contributed by atoms with van der Waals surface area (Å²) < 4.78 is 5.13. The number of allylic oxidation sites excluding steroid dienone is 1. The Labute approximate surface area is 110 Å². The van der Waals surface area contributed by atoms with E-state index in [1.807, 2.05) is 0 Å². The van der Waals surface area contributed by atoms with Crippen LogP contribution in [0.25, 0.3) is 0 Å². The van der Waals surface area contributed by atoms with Gasteiger partial charge in [-0.15, -0.1) is 0 Å². The van der Waals surface area contributed by atoms with E-state index in [-0.39, 0.29) is 35.2 Å². The van der Waals surface area contributed by atoms with E-state index in [4.69, 9.17) is 4.74 Å². The van der Waals surface area contributed by atoms with Crippen LogP contribution >= 0.6 is 0 Å². The summed E-state index contributed by atoms with van der Waals surface area (Å²) in [7, 11) is 0. The molecule has 5 heteroatoms. The number of fused-ring (bicyclic) bond motifs is 1. The van der Waals surface area contributed by atoms with Gasteiger partial charge in [0.15, 0.2) is 5.78 Å². The Balaban J connectivity index is 2.52. The molecule has 0 spiro atoms. The van der Waals surface area contributed by atoms with Crippen LogP contribution in [-0.2, 0) is 16.0 Å². The summed E-state index contributed by atoms with van der Waals surface area (Å²) in [5, 5.41) is 19.2. The molecule has 0 fully saturated rings. The van der Waals surface area contributed by atoms with Crippen LogP contribution in [0, 0.1) is 0 Å². The lowest BCUT2D eigenvalue weighted by molar-refractivity contribution is -0.147. The molecule has 0 saturated carbocycles. The van der Waals surface area contributed by atoms with Crippen molar-refractivity contribution in [3.8, 4) is 11.5 Å². The van der Waals surface area contributed by atoms with Gasteiger partial charge in [0.2, 0.25) is 0 Å². The third-order valence-corrected chi connectivity index (χ3v) is 2.84. The molecule has 1 atom stereocenters. The maximum atomic E-state index is 12.0. The molecule has 100 valence electrons. The molecule has 1 aliphatic rings. The van der Waals surface area contributed by atoms with Crippen molar-refractivity contribution in [3.05, 3.63) is 35.4 Å². The number of hydrogen-bond donors (Lipinski definition) is 2. The first kappa shape index (κ1) is 13.1. The lowest BCUT2D eigenvalue weighted by Crippen LogP contribution is -2.18. The maximum absolute atomic E-state index is 12.0. The van der Waals surface area contributed by atoms with Crippen molar-refractivity contribution in [1.29, 1.82) is 0 Å². The zero-order chi connectivity index (χ0) is 14.0. The van der Waals surface area contributed by atoms with Gasteiger partial charge in [0.05, 0.1) is 12.0 Å². The summed E-state index contributed by atoms with van der Waals surface area (Å²) in [4.78, 5) is 23.7. The van der Waals surface area contributed by atoms with Crippen LogP contribution in [-0.4, -0.2) is 28.1 Å². The van der Waals surface area contributed by atoms with E-state index in [9.17, 15) is 19.8 Å². The van der Waals surface area contributed by atoms with Crippen LogP contribution in [0.3, 0.4) is 0 Å². The quantitative estimate of drug-likeness (QED) is 0.695. The van der Waals surface area contributed by atoms with E-state index >= 15 is 0 Å². The monoisotopic (exact) mass is 262 g/mol. The van der Waals surface area contributed by atoms with E-state index in [2.05, 4.69) is 0 Å². The number of rotatable bonds is 0. The first-order valence-corrected chi connectivity index (χ1v) is 5.92. The number of esters is 1. The largest absolute Gasteiger partial charge is 0.508 e. The molecule has 0 bridgehead atoms. The summed E-state index contributed by atoms with van der Waals surface area (Å²) in [6.45, 7) is 1.73. The second-order valence-electron chi connectivity index (χ2n) is 4.48. The summed E-state index contributed by atoms with van der Waals surface area (Å²) in [6.07, 6.45) is 2.89. The molecule has 1 aromatic carbocycles. The van der Waals surface area contributed by atoms with Crippen LogP contribution in [0.15, 0.2) is 24.3 Å². The summed E-state index contributed by atoms with van der Waals surface area (Å²) in [6, 6.07) is 2.36. The number of ketones is 1. The molecule has 5 nitrogen and oxygen atoms in total. The molecule has 1 heterocycles. The SMILES string of the molecule is C[C@@H]1C/C=C/C(=O)c2c(O)cc(O)cc2CC(=O)O1. The highest BCUT2D eigenvalue weighted by Crippen LogP contribution is 2.29. The van der Waals surface area contributed by atoms with Crippen molar-refractivity contribution in [1.82, 2.24) is 0 Å². The highest BCUT2D eigenvalue weighted by Gasteiger charge is 2.20. The number of ether oxygens (including phenoxy) is 1. The Hall–Kier alpha value is -2.30. The van der Waals surface area contributed by atoms with Gasteiger partial charge in [0.1, 0.15) is 17.6 Å². The normalized spacial score (nSPS) is 21.4. The van der Waals surface area contributed by atoms with Crippen LogP contribution < -0.4 is 0 Å². The van der Waals surface area contributed by atoms with Crippen LogP contribution in [0.1, 0.15) is 29.3 Å².